The van der Waals surface area contributed by atoms with Gasteiger partial charge >= 0.3 is 0 Å². The standard InChI is InChI=1S/C9H7ClF2N2/c1-5-2-7(9(11)12)14-8(4-13)6(5)3-10/h2,9H,3H2,1H3. The van der Waals surface area contributed by atoms with Crippen LogP contribution in [-0.2, 0) is 5.88 Å². The predicted octanol–water partition coefficient (Wildman–Crippen LogP) is 2.94. The number of halogens is 3. The molecule has 0 saturated heterocycles. The van der Waals surface area contributed by atoms with Gasteiger partial charge in [0.15, 0.2) is 0 Å². The Balaban J connectivity index is 3.33. The third-order valence-corrected chi connectivity index (χ3v) is 2.10. The van der Waals surface area contributed by atoms with Crippen molar-refractivity contribution in [3.63, 3.8) is 0 Å². The zero-order valence-corrected chi connectivity index (χ0v) is 8.15. The maximum absolute atomic E-state index is 12.3. The number of rotatable bonds is 2. The summed E-state index contributed by atoms with van der Waals surface area (Å²) in [5.74, 6) is 0.102. The van der Waals surface area contributed by atoms with Crippen LogP contribution in [-0.4, -0.2) is 4.98 Å². The van der Waals surface area contributed by atoms with Crippen LogP contribution >= 0.6 is 11.6 Å². The minimum absolute atomic E-state index is 0.0182. The van der Waals surface area contributed by atoms with Crippen molar-refractivity contribution >= 4 is 11.6 Å². The van der Waals surface area contributed by atoms with E-state index in [1.807, 2.05) is 0 Å². The Kier molecular flexibility index (Phi) is 3.37. The van der Waals surface area contributed by atoms with Crippen LogP contribution < -0.4 is 0 Å². The fourth-order valence-corrected chi connectivity index (χ4v) is 1.43. The van der Waals surface area contributed by atoms with Gasteiger partial charge in [-0.3, -0.25) is 0 Å². The summed E-state index contributed by atoms with van der Waals surface area (Å²) in [6.45, 7) is 1.63. The van der Waals surface area contributed by atoms with Crippen LogP contribution in [0, 0.1) is 18.3 Å². The molecule has 0 bridgehead atoms. The van der Waals surface area contributed by atoms with E-state index in [0.29, 0.717) is 11.1 Å². The maximum Gasteiger partial charge on any atom is 0.280 e. The van der Waals surface area contributed by atoms with E-state index in [4.69, 9.17) is 16.9 Å². The molecule has 5 heteroatoms. The monoisotopic (exact) mass is 216 g/mol. The molecule has 1 rings (SSSR count). The van der Waals surface area contributed by atoms with Crippen LogP contribution in [0.15, 0.2) is 6.07 Å². The van der Waals surface area contributed by atoms with Crippen molar-refractivity contribution in [2.45, 2.75) is 19.2 Å². The van der Waals surface area contributed by atoms with E-state index in [0.717, 1.165) is 0 Å². The molecule has 0 amide bonds. The van der Waals surface area contributed by atoms with Crippen LogP contribution in [0.2, 0.25) is 0 Å². The SMILES string of the molecule is Cc1cc(C(F)F)nc(C#N)c1CCl. The molecule has 0 saturated carbocycles. The molecule has 0 aliphatic heterocycles. The Morgan fingerprint density at radius 3 is 2.71 bits per heavy atom. The Morgan fingerprint density at radius 2 is 2.29 bits per heavy atom. The fraction of sp³-hybridized carbons (Fsp3) is 0.333. The largest absolute Gasteiger partial charge is 0.280 e. The van der Waals surface area contributed by atoms with Crippen LogP contribution in [0.5, 0.6) is 0 Å². The third kappa shape index (κ3) is 1.99. The van der Waals surface area contributed by atoms with Gasteiger partial charge in [-0.1, -0.05) is 0 Å². The second-order valence-corrected chi connectivity index (χ2v) is 3.00. The minimum Gasteiger partial charge on any atom is -0.236 e. The first-order valence-corrected chi connectivity index (χ1v) is 4.38. The van der Waals surface area contributed by atoms with E-state index in [1.54, 1.807) is 13.0 Å². The zero-order chi connectivity index (χ0) is 10.7. The average Bonchev–Trinajstić information content (AvgIpc) is 2.16. The highest BCUT2D eigenvalue weighted by Crippen LogP contribution is 2.22. The maximum atomic E-state index is 12.3. The minimum atomic E-state index is -2.66. The molecule has 14 heavy (non-hydrogen) atoms. The van der Waals surface area contributed by atoms with Gasteiger partial charge in [-0.15, -0.1) is 11.6 Å². The van der Waals surface area contributed by atoms with E-state index in [1.165, 1.54) is 6.07 Å². The molecular formula is C9H7ClF2N2. The predicted molar refractivity (Wildman–Crippen MR) is 48.2 cm³/mol. The Bertz CT molecular complexity index is 385. The molecule has 1 aromatic heterocycles. The summed E-state index contributed by atoms with van der Waals surface area (Å²) in [6, 6.07) is 3.01. The zero-order valence-electron chi connectivity index (χ0n) is 7.39. The highest BCUT2D eigenvalue weighted by atomic mass is 35.5. The van der Waals surface area contributed by atoms with Gasteiger partial charge in [-0.05, 0) is 18.6 Å². The molecule has 0 fully saturated rings. The van der Waals surface area contributed by atoms with Crippen molar-refractivity contribution < 1.29 is 8.78 Å². The summed E-state index contributed by atoms with van der Waals surface area (Å²) in [4.78, 5) is 3.53. The van der Waals surface area contributed by atoms with Gasteiger partial charge in [0.25, 0.3) is 6.43 Å². The van der Waals surface area contributed by atoms with E-state index < -0.39 is 6.43 Å². The topological polar surface area (TPSA) is 36.7 Å². The summed E-state index contributed by atoms with van der Waals surface area (Å²) in [7, 11) is 0. The lowest BCUT2D eigenvalue weighted by atomic mass is 10.1. The molecular weight excluding hydrogens is 210 g/mol. The molecule has 0 aliphatic rings. The second kappa shape index (κ2) is 4.34. The molecule has 2 nitrogen and oxygen atoms in total. The lowest BCUT2D eigenvalue weighted by molar-refractivity contribution is 0.146. The summed E-state index contributed by atoms with van der Waals surface area (Å²) in [6.07, 6.45) is -2.66. The van der Waals surface area contributed by atoms with Gasteiger partial charge in [0.05, 0.1) is 5.88 Å². The molecule has 0 radical (unpaired) electrons. The molecule has 0 unspecified atom stereocenters. The first-order valence-electron chi connectivity index (χ1n) is 3.84. The fourth-order valence-electron chi connectivity index (χ4n) is 1.10. The smallest absolute Gasteiger partial charge is 0.236 e. The molecule has 74 valence electrons. The van der Waals surface area contributed by atoms with Crippen molar-refractivity contribution in [1.29, 1.82) is 5.26 Å². The van der Waals surface area contributed by atoms with Crippen LogP contribution in [0.4, 0.5) is 8.78 Å². The Labute approximate surface area is 85.1 Å². The van der Waals surface area contributed by atoms with Gasteiger partial charge in [0.1, 0.15) is 17.5 Å². The van der Waals surface area contributed by atoms with Crippen molar-refractivity contribution in [3.05, 3.63) is 28.6 Å². The average molecular weight is 217 g/mol. The third-order valence-electron chi connectivity index (χ3n) is 1.83. The summed E-state index contributed by atoms with van der Waals surface area (Å²) < 4.78 is 24.6. The van der Waals surface area contributed by atoms with Gasteiger partial charge in [-0.25, -0.2) is 13.8 Å². The van der Waals surface area contributed by atoms with Gasteiger partial charge in [-0.2, -0.15) is 5.26 Å². The molecule has 0 spiro atoms. The van der Waals surface area contributed by atoms with E-state index in [2.05, 4.69) is 4.98 Å². The first kappa shape index (κ1) is 10.9. The summed E-state index contributed by atoms with van der Waals surface area (Å²) in [5, 5.41) is 8.66. The van der Waals surface area contributed by atoms with E-state index in [-0.39, 0.29) is 17.3 Å². The van der Waals surface area contributed by atoms with Gasteiger partial charge in [0.2, 0.25) is 0 Å². The Morgan fingerprint density at radius 1 is 1.64 bits per heavy atom. The molecule has 0 atom stereocenters. The number of hydrogen-bond donors (Lipinski definition) is 0. The quantitative estimate of drug-likeness (QED) is 0.713. The number of aryl methyl sites for hydroxylation is 1. The lowest BCUT2D eigenvalue weighted by Crippen LogP contribution is -2.00. The number of nitriles is 1. The highest BCUT2D eigenvalue weighted by Gasteiger charge is 2.14. The molecule has 0 aromatic carbocycles. The molecule has 1 heterocycles. The summed E-state index contributed by atoms with van der Waals surface area (Å²) in [5.41, 5.74) is 0.684. The summed E-state index contributed by atoms with van der Waals surface area (Å²) >= 11 is 5.57. The van der Waals surface area contributed by atoms with Gasteiger partial charge < -0.3 is 0 Å². The van der Waals surface area contributed by atoms with Crippen molar-refractivity contribution in [2.24, 2.45) is 0 Å². The number of aromatic nitrogens is 1. The van der Waals surface area contributed by atoms with Crippen molar-refractivity contribution in [2.75, 3.05) is 0 Å². The lowest BCUT2D eigenvalue weighted by Gasteiger charge is -2.06. The van der Waals surface area contributed by atoms with Crippen molar-refractivity contribution in [1.82, 2.24) is 4.98 Å². The van der Waals surface area contributed by atoms with Crippen molar-refractivity contribution in [3.8, 4) is 6.07 Å². The van der Waals surface area contributed by atoms with E-state index in [9.17, 15) is 8.78 Å². The first-order chi connectivity index (χ1) is 6.60. The Hall–Kier alpha value is -1.21. The molecule has 0 N–H and O–H groups in total. The molecule has 0 aliphatic carbocycles. The van der Waals surface area contributed by atoms with Crippen LogP contribution in [0.3, 0.4) is 0 Å². The second-order valence-electron chi connectivity index (χ2n) is 2.74. The normalized spacial score (nSPS) is 10.3. The highest BCUT2D eigenvalue weighted by molar-refractivity contribution is 6.17. The number of nitrogens with zero attached hydrogens (tertiary/aromatic N) is 2. The van der Waals surface area contributed by atoms with Crippen LogP contribution in [0.25, 0.3) is 0 Å². The van der Waals surface area contributed by atoms with Gasteiger partial charge in [0, 0.05) is 5.56 Å². The number of hydrogen-bond acceptors (Lipinski definition) is 2. The van der Waals surface area contributed by atoms with E-state index >= 15 is 0 Å². The van der Waals surface area contributed by atoms with Crippen LogP contribution in [0.1, 0.15) is 28.9 Å². The number of alkyl halides is 3. The number of pyridine rings is 1. The molecule has 1 aromatic rings.